The van der Waals surface area contributed by atoms with Gasteiger partial charge in [-0.25, -0.2) is 6.08 Å². The van der Waals surface area contributed by atoms with Crippen LogP contribution in [0.3, 0.4) is 0 Å². The molecule has 0 spiro atoms. The minimum atomic E-state index is 0. The van der Waals surface area contributed by atoms with Crippen molar-refractivity contribution in [3.05, 3.63) is 227 Å². The van der Waals surface area contributed by atoms with Gasteiger partial charge in [0.25, 0.3) is 0 Å². The second-order valence-electron chi connectivity index (χ2n) is 11.5. The molecule has 0 amide bonds. The largest absolute Gasteiger partial charge is 0.179 e. The molecule has 0 atom stereocenters. The molecule has 0 N–H and O–H groups in total. The first-order valence-corrected chi connectivity index (χ1v) is 17.1. The molecule has 0 bridgehead atoms. The maximum atomic E-state index is 3.36. The Bertz CT molecular complexity index is 1840. The first-order valence-electron chi connectivity index (χ1n) is 15.9. The average molecular weight is 739 g/mol. The summed E-state index contributed by atoms with van der Waals surface area (Å²) < 4.78 is 1.42. The van der Waals surface area contributed by atoms with Crippen molar-refractivity contribution in [2.45, 2.75) is 25.7 Å². The van der Waals surface area contributed by atoms with Crippen LogP contribution in [0.15, 0.2) is 181 Å². The molecule has 0 nitrogen and oxygen atoms in total. The standard InChI is InChI=1S/C19H17.C13H9.C13H10.2ClH.Zr/c1-3-8-16(9-4-1)14-18-12-7-13-19(18)15-17-10-5-2-6-11-17;1-3-7-12-10(5-1)9-11-6-2-4-8-13(11)12;1-3-7-12(8-4-1)11-13-9-5-2-6-10-13;;;/h1-6,8-12H,13-15H2;1-5,7-8H,9H2;1-10H;2*1H;/q2*-1;;;;+2/p-2. The molecule has 236 valence electrons. The Morgan fingerprint density at radius 2 is 1.04 bits per heavy atom. The number of halogens is 2. The molecule has 48 heavy (non-hydrogen) atoms. The summed E-state index contributed by atoms with van der Waals surface area (Å²) in [6.07, 6.45) is 9.64. The fourth-order valence-corrected chi connectivity index (χ4v) is 6.72. The van der Waals surface area contributed by atoms with Crippen LogP contribution in [0.25, 0.3) is 11.1 Å². The summed E-state index contributed by atoms with van der Waals surface area (Å²) in [5.74, 6) is 0. The number of hydrogen-bond acceptors (Lipinski definition) is 0. The third-order valence-electron chi connectivity index (χ3n) is 8.29. The summed E-state index contributed by atoms with van der Waals surface area (Å²) >= 11 is 1.46. The topological polar surface area (TPSA) is 0 Å². The van der Waals surface area contributed by atoms with Gasteiger partial charge in [-0.2, -0.15) is 41.0 Å². The number of hydrogen-bond donors (Lipinski definition) is 0. The van der Waals surface area contributed by atoms with Crippen LogP contribution in [-0.2, 0) is 43.5 Å². The van der Waals surface area contributed by atoms with Crippen molar-refractivity contribution < 1.29 is 49.0 Å². The Morgan fingerprint density at radius 3 is 1.65 bits per heavy atom. The minimum Gasteiger partial charge on any atom is -0.179 e. The number of benzene rings is 6. The molecule has 3 heteroatoms. The Kier molecular flexibility index (Phi) is 14.8. The molecule has 2 aliphatic rings. The van der Waals surface area contributed by atoms with Crippen molar-refractivity contribution in [3.8, 4) is 11.1 Å². The van der Waals surface area contributed by atoms with Gasteiger partial charge in [-0.15, -0.1) is 12.0 Å². The van der Waals surface area contributed by atoms with Crippen LogP contribution in [0.5, 0.6) is 0 Å². The first-order chi connectivity index (χ1) is 22.7. The summed E-state index contributed by atoms with van der Waals surface area (Å²) in [7, 11) is 0. The van der Waals surface area contributed by atoms with E-state index in [2.05, 4.69) is 176 Å². The molecule has 6 aromatic carbocycles. The van der Waals surface area contributed by atoms with Crippen LogP contribution in [-0.4, -0.2) is 3.21 Å². The molecular weight excluding hydrogens is 703 g/mol. The fraction of sp³-hybridized carbons (Fsp3) is 0.0889. The molecule has 0 radical (unpaired) electrons. The van der Waals surface area contributed by atoms with Crippen molar-refractivity contribution in [1.82, 2.24) is 0 Å². The number of rotatable bonds is 6. The molecule has 6 aromatic rings. The van der Waals surface area contributed by atoms with Crippen molar-refractivity contribution in [2.24, 2.45) is 0 Å². The zero-order valence-electron chi connectivity index (χ0n) is 26.8. The summed E-state index contributed by atoms with van der Waals surface area (Å²) in [5.41, 5.74) is 13.9. The molecular formula is C45H36Cl2Zr-2. The van der Waals surface area contributed by atoms with Crippen LogP contribution in [0.1, 0.15) is 39.8 Å². The van der Waals surface area contributed by atoms with E-state index in [0.29, 0.717) is 0 Å². The van der Waals surface area contributed by atoms with Crippen LogP contribution in [0.2, 0.25) is 0 Å². The molecule has 0 unspecified atom stereocenters. The molecule has 0 saturated heterocycles. The van der Waals surface area contributed by atoms with Gasteiger partial charge in [-0.3, -0.25) is 6.08 Å². The van der Waals surface area contributed by atoms with E-state index < -0.39 is 0 Å². The van der Waals surface area contributed by atoms with Crippen molar-refractivity contribution in [1.29, 1.82) is 0 Å². The molecule has 2 aliphatic carbocycles. The van der Waals surface area contributed by atoms with E-state index in [9.17, 15) is 0 Å². The summed E-state index contributed by atoms with van der Waals surface area (Å²) in [4.78, 5) is 0. The second kappa shape index (κ2) is 19.2. The van der Waals surface area contributed by atoms with E-state index >= 15 is 0 Å². The van der Waals surface area contributed by atoms with Gasteiger partial charge < -0.3 is 24.8 Å². The van der Waals surface area contributed by atoms with Gasteiger partial charge in [0.1, 0.15) is 0 Å². The normalized spacial score (nSPS) is 11.8. The Morgan fingerprint density at radius 1 is 0.542 bits per heavy atom. The van der Waals surface area contributed by atoms with Gasteiger partial charge in [-0.05, 0) is 18.4 Å². The monoisotopic (exact) mass is 736 g/mol. The smallest absolute Gasteiger partial charge is 0.0253 e. The minimum absolute atomic E-state index is 0. The Hall–Kier alpha value is -3.87. The summed E-state index contributed by atoms with van der Waals surface area (Å²) in [6, 6.07) is 60.6. The quantitative estimate of drug-likeness (QED) is 0.222. The number of fused-ring (bicyclic) bond motifs is 3. The van der Waals surface area contributed by atoms with Gasteiger partial charge in [0.15, 0.2) is 0 Å². The van der Waals surface area contributed by atoms with E-state index in [0.717, 1.165) is 25.7 Å². The van der Waals surface area contributed by atoms with E-state index in [1.807, 2.05) is 6.07 Å². The van der Waals surface area contributed by atoms with Crippen LogP contribution >= 0.6 is 0 Å². The zero-order valence-corrected chi connectivity index (χ0v) is 30.7. The fourth-order valence-electron chi connectivity index (χ4n) is 5.90. The predicted octanol–water partition coefficient (Wildman–Crippen LogP) is 4.40. The predicted molar refractivity (Wildman–Crippen MR) is 189 cm³/mol. The molecule has 0 saturated carbocycles. The Labute approximate surface area is 313 Å². The first kappa shape index (κ1) is 37.0. The van der Waals surface area contributed by atoms with Crippen LogP contribution in [0.4, 0.5) is 0 Å². The molecule has 0 aliphatic heterocycles. The molecule has 8 rings (SSSR count). The zero-order chi connectivity index (χ0) is 31.4. The Balaban J connectivity index is 0.000000163. The van der Waals surface area contributed by atoms with Crippen molar-refractivity contribution >= 4 is 3.21 Å². The van der Waals surface area contributed by atoms with Gasteiger partial charge in [0, 0.05) is 0 Å². The van der Waals surface area contributed by atoms with E-state index in [4.69, 9.17) is 0 Å². The van der Waals surface area contributed by atoms with Gasteiger partial charge in [-0.1, -0.05) is 108 Å². The SMILES string of the molecule is [C-]1=CC(Cc2ccccc2)=C(Cc2ccccc2)C1.[Cl-].[Cl-].[Zr+2]=[C](c1ccccc1)c1ccccc1.[c-]1cccc2c1Cc1ccccc1-2. The molecule has 0 heterocycles. The van der Waals surface area contributed by atoms with E-state index in [-0.39, 0.29) is 24.8 Å². The van der Waals surface area contributed by atoms with E-state index in [1.165, 1.54) is 83.1 Å². The van der Waals surface area contributed by atoms with Crippen LogP contribution in [0, 0.1) is 12.1 Å². The molecule has 0 aromatic heterocycles. The molecule has 0 fully saturated rings. The van der Waals surface area contributed by atoms with Crippen molar-refractivity contribution in [3.63, 3.8) is 0 Å². The number of allylic oxidation sites excluding steroid dienone is 4. The average Bonchev–Trinajstić information content (AvgIpc) is 3.74. The van der Waals surface area contributed by atoms with Gasteiger partial charge in [0.05, 0.1) is 0 Å². The maximum Gasteiger partial charge on any atom is -0.0253 e. The third-order valence-corrected chi connectivity index (χ3v) is 9.70. The summed E-state index contributed by atoms with van der Waals surface area (Å²) in [6.45, 7) is 0. The third kappa shape index (κ3) is 10.1. The second-order valence-corrected chi connectivity index (χ2v) is 12.7. The van der Waals surface area contributed by atoms with E-state index in [1.54, 1.807) is 0 Å². The van der Waals surface area contributed by atoms with Crippen molar-refractivity contribution in [2.75, 3.05) is 0 Å². The summed E-state index contributed by atoms with van der Waals surface area (Å²) in [5, 5.41) is 0. The van der Waals surface area contributed by atoms with Gasteiger partial charge >= 0.3 is 99.2 Å². The van der Waals surface area contributed by atoms with Crippen LogP contribution < -0.4 is 24.8 Å². The van der Waals surface area contributed by atoms with Gasteiger partial charge in [0.2, 0.25) is 0 Å². The maximum absolute atomic E-state index is 3.36.